The van der Waals surface area contributed by atoms with Gasteiger partial charge < -0.3 is 4.74 Å². The number of hydrogen-bond acceptors (Lipinski definition) is 1. The quantitative estimate of drug-likeness (QED) is 0.511. The van der Waals surface area contributed by atoms with E-state index in [0.29, 0.717) is 6.10 Å². The summed E-state index contributed by atoms with van der Waals surface area (Å²) in [7, 11) is 0. The van der Waals surface area contributed by atoms with Gasteiger partial charge in [0.05, 0.1) is 12.7 Å². The van der Waals surface area contributed by atoms with Gasteiger partial charge in [0, 0.05) is 5.33 Å². The highest BCUT2D eigenvalue weighted by Gasteiger charge is 1.93. The topological polar surface area (TPSA) is 9.23 Å². The molecule has 0 N–H and O–H groups in total. The first-order valence-electron chi connectivity index (χ1n) is 4.00. The molecule has 0 amide bonds. The van der Waals surface area contributed by atoms with Crippen molar-refractivity contribution in [3.8, 4) is 0 Å². The van der Waals surface area contributed by atoms with E-state index in [9.17, 15) is 0 Å². The second kappa shape index (κ2) is 6.86. The lowest BCUT2D eigenvalue weighted by Gasteiger charge is -2.06. The van der Waals surface area contributed by atoms with E-state index in [1.807, 2.05) is 0 Å². The maximum Gasteiger partial charge on any atom is 0.0519 e. The van der Waals surface area contributed by atoms with Crippen LogP contribution in [-0.4, -0.2) is 18.0 Å². The highest BCUT2D eigenvalue weighted by atomic mass is 79.9. The standard InChI is InChI=1S/C9H17BrO/c1-8(2)11-7-5-9(3)4-6-10/h4,8H,5-7H2,1-3H3/b9-4+. The van der Waals surface area contributed by atoms with Gasteiger partial charge in [0.1, 0.15) is 0 Å². The second-order valence-electron chi connectivity index (χ2n) is 2.87. The van der Waals surface area contributed by atoms with E-state index in [1.54, 1.807) is 0 Å². The zero-order chi connectivity index (χ0) is 8.69. The molecule has 0 bridgehead atoms. The highest BCUT2D eigenvalue weighted by molar-refractivity contribution is 9.09. The van der Waals surface area contributed by atoms with E-state index in [-0.39, 0.29) is 0 Å². The molecule has 0 aromatic rings. The van der Waals surface area contributed by atoms with E-state index in [0.717, 1.165) is 18.4 Å². The summed E-state index contributed by atoms with van der Waals surface area (Å²) in [5.41, 5.74) is 1.39. The largest absolute Gasteiger partial charge is 0.378 e. The summed E-state index contributed by atoms with van der Waals surface area (Å²) < 4.78 is 5.40. The molecule has 0 spiro atoms. The third kappa shape index (κ3) is 8.08. The van der Waals surface area contributed by atoms with Gasteiger partial charge in [-0.1, -0.05) is 27.6 Å². The summed E-state index contributed by atoms with van der Waals surface area (Å²) in [6.07, 6.45) is 3.57. The van der Waals surface area contributed by atoms with E-state index in [1.165, 1.54) is 5.57 Å². The Morgan fingerprint density at radius 2 is 2.18 bits per heavy atom. The van der Waals surface area contributed by atoms with Crippen LogP contribution in [0.3, 0.4) is 0 Å². The van der Waals surface area contributed by atoms with Crippen LogP contribution >= 0.6 is 15.9 Å². The minimum absolute atomic E-state index is 0.353. The van der Waals surface area contributed by atoms with E-state index >= 15 is 0 Å². The van der Waals surface area contributed by atoms with Crippen LogP contribution in [0.1, 0.15) is 27.2 Å². The predicted molar refractivity (Wildman–Crippen MR) is 53.3 cm³/mol. The summed E-state index contributed by atoms with van der Waals surface area (Å²) in [6.45, 7) is 7.09. The molecule has 1 nitrogen and oxygen atoms in total. The molecule has 11 heavy (non-hydrogen) atoms. The molecule has 0 aliphatic heterocycles. The molecule has 0 saturated carbocycles. The van der Waals surface area contributed by atoms with Crippen LogP contribution in [0, 0.1) is 0 Å². The number of hydrogen-bond donors (Lipinski definition) is 0. The molecule has 0 aliphatic rings. The Balaban J connectivity index is 3.31. The molecule has 2 heteroatoms. The molecule has 0 aromatic heterocycles. The maximum atomic E-state index is 5.40. The Morgan fingerprint density at radius 3 is 2.64 bits per heavy atom. The minimum Gasteiger partial charge on any atom is -0.378 e. The number of alkyl halides is 1. The molecule has 0 radical (unpaired) electrons. The van der Waals surface area contributed by atoms with Crippen molar-refractivity contribution in [1.29, 1.82) is 0 Å². The molecule has 0 aromatic carbocycles. The fraction of sp³-hybridized carbons (Fsp3) is 0.778. The van der Waals surface area contributed by atoms with Crippen LogP contribution in [-0.2, 0) is 4.74 Å². The SMILES string of the molecule is C/C(=C\CBr)CCOC(C)C. The number of halogens is 1. The summed E-state index contributed by atoms with van der Waals surface area (Å²) >= 11 is 3.35. The van der Waals surface area contributed by atoms with Gasteiger partial charge in [0.15, 0.2) is 0 Å². The zero-order valence-electron chi connectivity index (χ0n) is 7.56. The van der Waals surface area contributed by atoms with Gasteiger partial charge in [-0.25, -0.2) is 0 Å². The summed E-state index contributed by atoms with van der Waals surface area (Å²) in [4.78, 5) is 0. The summed E-state index contributed by atoms with van der Waals surface area (Å²) in [5.74, 6) is 0. The molecule has 0 heterocycles. The number of ether oxygens (including phenoxy) is 1. The summed E-state index contributed by atoms with van der Waals surface area (Å²) in [6, 6.07) is 0. The van der Waals surface area contributed by atoms with Crippen molar-refractivity contribution >= 4 is 15.9 Å². The van der Waals surface area contributed by atoms with Crippen molar-refractivity contribution in [3.05, 3.63) is 11.6 Å². The van der Waals surface area contributed by atoms with Crippen LogP contribution in [0.15, 0.2) is 11.6 Å². The molecule has 0 rings (SSSR count). The Labute approximate surface area is 78.0 Å². The lowest BCUT2D eigenvalue weighted by molar-refractivity contribution is 0.0813. The molecular weight excluding hydrogens is 204 g/mol. The lowest BCUT2D eigenvalue weighted by Crippen LogP contribution is -2.03. The fourth-order valence-corrected chi connectivity index (χ4v) is 1.24. The third-order valence-electron chi connectivity index (χ3n) is 1.37. The van der Waals surface area contributed by atoms with Gasteiger partial charge in [0.25, 0.3) is 0 Å². The van der Waals surface area contributed by atoms with Crippen molar-refractivity contribution in [3.63, 3.8) is 0 Å². The molecule has 0 fully saturated rings. The number of rotatable bonds is 5. The Bertz CT molecular complexity index is 119. The van der Waals surface area contributed by atoms with E-state index < -0.39 is 0 Å². The number of allylic oxidation sites excluding steroid dienone is 1. The maximum absolute atomic E-state index is 5.40. The average Bonchev–Trinajstić information content (AvgIpc) is 1.87. The van der Waals surface area contributed by atoms with Crippen molar-refractivity contribution < 1.29 is 4.74 Å². The van der Waals surface area contributed by atoms with Gasteiger partial charge >= 0.3 is 0 Å². The molecule has 0 aliphatic carbocycles. The highest BCUT2D eigenvalue weighted by Crippen LogP contribution is 2.02. The third-order valence-corrected chi connectivity index (χ3v) is 1.70. The minimum atomic E-state index is 0.353. The zero-order valence-corrected chi connectivity index (χ0v) is 9.15. The normalized spacial score (nSPS) is 12.6. The van der Waals surface area contributed by atoms with Crippen LogP contribution in [0.2, 0.25) is 0 Å². The van der Waals surface area contributed by atoms with Crippen LogP contribution < -0.4 is 0 Å². The molecular formula is C9H17BrO. The average molecular weight is 221 g/mol. The van der Waals surface area contributed by atoms with Crippen LogP contribution in [0.4, 0.5) is 0 Å². The van der Waals surface area contributed by atoms with Gasteiger partial charge in [-0.15, -0.1) is 0 Å². The lowest BCUT2D eigenvalue weighted by atomic mass is 10.2. The molecule has 0 unspecified atom stereocenters. The first kappa shape index (κ1) is 11.2. The Morgan fingerprint density at radius 1 is 1.55 bits per heavy atom. The Kier molecular flexibility index (Phi) is 6.98. The van der Waals surface area contributed by atoms with Crippen molar-refractivity contribution in [2.24, 2.45) is 0 Å². The van der Waals surface area contributed by atoms with Crippen molar-refractivity contribution in [2.45, 2.75) is 33.3 Å². The molecule has 0 atom stereocenters. The molecule has 0 saturated heterocycles. The predicted octanol–water partition coefficient (Wildman–Crippen LogP) is 3.14. The van der Waals surface area contributed by atoms with E-state index in [4.69, 9.17) is 4.74 Å². The van der Waals surface area contributed by atoms with Gasteiger partial charge in [-0.2, -0.15) is 0 Å². The van der Waals surface area contributed by atoms with E-state index in [2.05, 4.69) is 42.8 Å². The van der Waals surface area contributed by atoms with Gasteiger partial charge in [-0.3, -0.25) is 0 Å². The molecule has 66 valence electrons. The Hall–Kier alpha value is 0.180. The fourth-order valence-electron chi connectivity index (χ4n) is 0.689. The summed E-state index contributed by atoms with van der Waals surface area (Å²) in [5, 5.41) is 0.945. The van der Waals surface area contributed by atoms with Crippen molar-refractivity contribution in [1.82, 2.24) is 0 Å². The smallest absolute Gasteiger partial charge is 0.0519 e. The first-order chi connectivity index (χ1) is 5.16. The van der Waals surface area contributed by atoms with Gasteiger partial charge in [0.2, 0.25) is 0 Å². The van der Waals surface area contributed by atoms with Gasteiger partial charge in [-0.05, 0) is 27.2 Å². The second-order valence-corrected chi connectivity index (χ2v) is 3.52. The van der Waals surface area contributed by atoms with Crippen LogP contribution in [0.5, 0.6) is 0 Å². The van der Waals surface area contributed by atoms with Crippen LogP contribution in [0.25, 0.3) is 0 Å². The monoisotopic (exact) mass is 220 g/mol. The first-order valence-corrected chi connectivity index (χ1v) is 5.12. The van der Waals surface area contributed by atoms with Crippen molar-refractivity contribution in [2.75, 3.05) is 11.9 Å².